The van der Waals surface area contributed by atoms with Crippen molar-refractivity contribution < 1.29 is 9.72 Å². The van der Waals surface area contributed by atoms with Crippen LogP contribution in [0, 0.1) is 10.1 Å². The van der Waals surface area contributed by atoms with Gasteiger partial charge in [-0.3, -0.25) is 14.9 Å². The van der Waals surface area contributed by atoms with Gasteiger partial charge in [0, 0.05) is 19.2 Å². The van der Waals surface area contributed by atoms with Gasteiger partial charge in [-0.1, -0.05) is 12.1 Å². The molecule has 1 aliphatic carbocycles. The van der Waals surface area contributed by atoms with E-state index >= 15 is 0 Å². The zero-order valence-electron chi connectivity index (χ0n) is 8.90. The van der Waals surface area contributed by atoms with E-state index in [2.05, 4.69) is 5.32 Å². The van der Waals surface area contributed by atoms with Gasteiger partial charge in [0.25, 0.3) is 5.69 Å². The molecule has 1 amide bonds. The quantitative estimate of drug-likeness (QED) is 0.617. The molecule has 1 aromatic rings. The Hall–Kier alpha value is -1.91. The summed E-state index contributed by atoms with van der Waals surface area (Å²) in [6, 6.07) is 6.22. The smallest absolute Gasteiger partial charge is 0.269 e. The minimum atomic E-state index is -0.441. The Morgan fingerprint density at radius 2 is 1.94 bits per heavy atom. The zero-order valence-corrected chi connectivity index (χ0v) is 8.90. The maximum Gasteiger partial charge on any atom is 0.269 e. The molecule has 0 aromatic heterocycles. The summed E-state index contributed by atoms with van der Waals surface area (Å²) in [5.41, 5.74) is 0.470. The van der Waals surface area contributed by atoms with Crippen molar-refractivity contribution in [2.45, 2.75) is 18.3 Å². The fraction of sp³-hybridized carbons (Fsp3) is 0.364. The molecule has 0 unspecified atom stereocenters. The fourth-order valence-electron chi connectivity index (χ4n) is 1.91. The molecule has 16 heavy (non-hydrogen) atoms. The Morgan fingerprint density at radius 1 is 1.38 bits per heavy atom. The van der Waals surface area contributed by atoms with Crippen molar-refractivity contribution in [3.63, 3.8) is 0 Å². The van der Waals surface area contributed by atoms with Crippen LogP contribution in [0.15, 0.2) is 24.3 Å². The molecule has 84 valence electrons. The number of nitro benzene ring substituents is 1. The van der Waals surface area contributed by atoms with Crippen LogP contribution in [0.4, 0.5) is 5.69 Å². The van der Waals surface area contributed by atoms with E-state index in [0.717, 1.165) is 18.4 Å². The van der Waals surface area contributed by atoms with Crippen molar-refractivity contribution in [2.75, 3.05) is 7.05 Å². The third kappa shape index (κ3) is 1.54. The molecule has 5 nitrogen and oxygen atoms in total. The van der Waals surface area contributed by atoms with Gasteiger partial charge in [-0.15, -0.1) is 0 Å². The van der Waals surface area contributed by atoms with Gasteiger partial charge >= 0.3 is 0 Å². The van der Waals surface area contributed by atoms with Crippen LogP contribution in [0.3, 0.4) is 0 Å². The summed E-state index contributed by atoms with van der Waals surface area (Å²) in [6.45, 7) is 0. The molecule has 1 N–H and O–H groups in total. The average molecular weight is 220 g/mol. The average Bonchev–Trinajstić information content (AvgIpc) is 3.09. The molecule has 1 aromatic carbocycles. The van der Waals surface area contributed by atoms with Crippen LogP contribution in [0.1, 0.15) is 18.4 Å². The number of amides is 1. The minimum absolute atomic E-state index is 0.0126. The lowest BCUT2D eigenvalue weighted by Gasteiger charge is -2.13. The van der Waals surface area contributed by atoms with E-state index in [-0.39, 0.29) is 11.6 Å². The van der Waals surface area contributed by atoms with Gasteiger partial charge in [0.1, 0.15) is 0 Å². The first-order chi connectivity index (χ1) is 7.60. The Balaban J connectivity index is 2.29. The molecule has 1 saturated carbocycles. The highest BCUT2D eigenvalue weighted by atomic mass is 16.6. The molecule has 0 radical (unpaired) electrons. The van der Waals surface area contributed by atoms with E-state index < -0.39 is 10.3 Å². The van der Waals surface area contributed by atoms with Gasteiger partial charge in [-0.05, 0) is 18.4 Å². The van der Waals surface area contributed by atoms with Crippen LogP contribution in [-0.2, 0) is 10.2 Å². The Morgan fingerprint density at radius 3 is 2.31 bits per heavy atom. The monoisotopic (exact) mass is 220 g/mol. The lowest BCUT2D eigenvalue weighted by molar-refractivity contribution is -0.384. The summed E-state index contributed by atoms with van der Waals surface area (Å²) in [7, 11) is 1.60. The SMILES string of the molecule is CNC(=O)C1(c2ccc([N+](=O)[O-])cc2)CC1. The summed E-state index contributed by atoms with van der Waals surface area (Å²) in [4.78, 5) is 21.7. The maximum atomic E-state index is 11.7. The third-order valence-electron chi connectivity index (χ3n) is 3.04. The predicted octanol–water partition coefficient (Wildman–Crippen LogP) is 1.37. The minimum Gasteiger partial charge on any atom is -0.358 e. The van der Waals surface area contributed by atoms with Crippen LogP contribution in [-0.4, -0.2) is 17.9 Å². The highest BCUT2D eigenvalue weighted by Crippen LogP contribution is 2.48. The van der Waals surface area contributed by atoms with Crippen LogP contribution >= 0.6 is 0 Å². The number of likely N-dealkylation sites (N-methyl/N-ethyl adjacent to an activating group) is 1. The van der Waals surface area contributed by atoms with Gasteiger partial charge in [0.2, 0.25) is 5.91 Å². The highest BCUT2D eigenvalue weighted by Gasteiger charge is 2.50. The van der Waals surface area contributed by atoms with E-state index in [0.29, 0.717) is 0 Å². The summed E-state index contributed by atoms with van der Waals surface area (Å²) < 4.78 is 0. The molecule has 0 saturated heterocycles. The number of hydrogen-bond acceptors (Lipinski definition) is 3. The van der Waals surface area contributed by atoms with E-state index in [1.54, 1.807) is 19.2 Å². The summed E-state index contributed by atoms with van der Waals surface area (Å²) in [6.07, 6.45) is 1.62. The van der Waals surface area contributed by atoms with Crippen molar-refractivity contribution in [1.82, 2.24) is 5.32 Å². The number of benzene rings is 1. The molecule has 0 heterocycles. The first kappa shape index (κ1) is 10.6. The van der Waals surface area contributed by atoms with Crippen molar-refractivity contribution in [3.8, 4) is 0 Å². The number of non-ortho nitro benzene ring substituents is 1. The van der Waals surface area contributed by atoms with Gasteiger partial charge < -0.3 is 5.32 Å². The molecule has 5 heteroatoms. The second-order valence-corrected chi connectivity index (χ2v) is 3.97. The number of carbonyl (C=O) groups is 1. The number of hydrogen-bond donors (Lipinski definition) is 1. The van der Waals surface area contributed by atoms with Crippen molar-refractivity contribution in [3.05, 3.63) is 39.9 Å². The molecule has 0 atom stereocenters. The van der Waals surface area contributed by atoms with Crippen molar-refractivity contribution >= 4 is 11.6 Å². The lowest BCUT2D eigenvalue weighted by Crippen LogP contribution is -2.31. The van der Waals surface area contributed by atoms with Crippen LogP contribution in [0.5, 0.6) is 0 Å². The van der Waals surface area contributed by atoms with Gasteiger partial charge in [-0.2, -0.15) is 0 Å². The lowest BCUT2D eigenvalue weighted by atomic mass is 9.95. The highest BCUT2D eigenvalue weighted by molar-refractivity contribution is 5.91. The van der Waals surface area contributed by atoms with Crippen LogP contribution in [0.25, 0.3) is 0 Å². The second kappa shape index (κ2) is 3.59. The molecule has 0 spiro atoms. The van der Waals surface area contributed by atoms with E-state index in [4.69, 9.17) is 0 Å². The number of nitro groups is 1. The third-order valence-corrected chi connectivity index (χ3v) is 3.04. The van der Waals surface area contributed by atoms with Crippen molar-refractivity contribution in [2.24, 2.45) is 0 Å². The van der Waals surface area contributed by atoms with E-state index in [1.807, 2.05) is 0 Å². The molecular formula is C11H12N2O3. The van der Waals surface area contributed by atoms with Crippen LogP contribution < -0.4 is 5.32 Å². The Kier molecular flexibility index (Phi) is 2.38. The topological polar surface area (TPSA) is 72.2 Å². The summed E-state index contributed by atoms with van der Waals surface area (Å²) in [5, 5.41) is 13.1. The maximum absolute atomic E-state index is 11.7. The first-order valence-electron chi connectivity index (χ1n) is 5.07. The summed E-state index contributed by atoms with van der Waals surface area (Å²) in [5.74, 6) is -0.0126. The molecule has 0 aliphatic heterocycles. The van der Waals surface area contributed by atoms with Crippen LogP contribution in [0.2, 0.25) is 0 Å². The summed E-state index contributed by atoms with van der Waals surface area (Å²) >= 11 is 0. The number of rotatable bonds is 3. The van der Waals surface area contributed by atoms with Gasteiger partial charge in [0.15, 0.2) is 0 Å². The van der Waals surface area contributed by atoms with Gasteiger partial charge in [0.05, 0.1) is 10.3 Å². The van der Waals surface area contributed by atoms with E-state index in [9.17, 15) is 14.9 Å². The standard InChI is InChI=1S/C11H12N2O3/c1-12-10(14)11(6-7-11)8-2-4-9(5-3-8)13(15)16/h2-5H,6-7H2,1H3,(H,12,14). The molecular weight excluding hydrogens is 208 g/mol. The molecule has 0 bridgehead atoms. The molecule has 1 fully saturated rings. The molecule has 1 aliphatic rings. The normalized spacial score (nSPS) is 16.6. The van der Waals surface area contributed by atoms with Crippen molar-refractivity contribution in [1.29, 1.82) is 0 Å². The van der Waals surface area contributed by atoms with Gasteiger partial charge in [-0.25, -0.2) is 0 Å². The number of carbonyl (C=O) groups excluding carboxylic acids is 1. The Labute approximate surface area is 92.6 Å². The predicted molar refractivity (Wildman–Crippen MR) is 58.1 cm³/mol. The fourth-order valence-corrected chi connectivity index (χ4v) is 1.91. The zero-order chi connectivity index (χ0) is 11.8. The largest absolute Gasteiger partial charge is 0.358 e. The number of nitrogens with one attached hydrogen (secondary N) is 1. The Bertz CT molecular complexity index is 435. The first-order valence-corrected chi connectivity index (χ1v) is 5.07. The number of nitrogens with zero attached hydrogens (tertiary/aromatic N) is 1. The second-order valence-electron chi connectivity index (χ2n) is 3.97. The van der Waals surface area contributed by atoms with E-state index in [1.165, 1.54) is 12.1 Å². The molecule has 2 rings (SSSR count).